The number of aromatic nitrogens is 2. The van der Waals surface area contributed by atoms with E-state index in [1.165, 1.54) is 0 Å². The van der Waals surface area contributed by atoms with Crippen molar-refractivity contribution in [2.75, 3.05) is 0 Å². The maximum atomic E-state index is 12.3. The number of hydrogen-bond donors (Lipinski definition) is 1. The summed E-state index contributed by atoms with van der Waals surface area (Å²) in [7, 11) is 0. The molecule has 3 aromatic carbocycles. The first-order valence-corrected chi connectivity index (χ1v) is 9.55. The van der Waals surface area contributed by atoms with Gasteiger partial charge in [0.1, 0.15) is 17.2 Å². The highest BCUT2D eigenvalue weighted by Gasteiger charge is 2.18. The van der Waals surface area contributed by atoms with E-state index in [2.05, 4.69) is 16.3 Å². The Bertz CT molecular complexity index is 1270. The van der Waals surface area contributed by atoms with Crippen molar-refractivity contribution < 1.29 is 4.74 Å². The van der Waals surface area contributed by atoms with E-state index >= 15 is 0 Å². The van der Waals surface area contributed by atoms with Gasteiger partial charge in [-0.15, -0.1) is 0 Å². The summed E-state index contributed by atoms with van der Waals surface area (Å²) < 4.78 is 6.11. The minimum atomic E-state index is -0.240. The summed E-state index contributed by atoms with van der Waals surface area (Å²) >= 11 is 0. The maximum Gasteiger partial charge on any atom is 0.267 e. The Morgan fingerprint density at radius 2 is 1.67 bits per heavy atom. The zero-order chi connectivity index (χ0) is 20.9. The average Bonchev–Trinajstić information content (AvgIpc) is 2.78. The summed E-state index contributed by atoms with van der Waals surface area (Å²) in [6.45, 7) is 1.78. The van der Waals surface area contributed by atoms with Crippen LogP contribution in [0.4, 0.5) is 0 Å². The first-order chi connectivity index (χ1) is 14.7. The zero-order valence-electron chi connectivity index (χ0n) is 16.4. The molecule has 1 aromatic heterocycles. The molecule has 1 N–H and O–H groups in total. The van der Waals surface area contributed by atoms with E-state index < -0.39 is 0 Å². The minimum Gasteiger partial charge on any atom is -0.457 e. The Kier molecular flexibility index (Phi) is 5.40. The smallest absolute Gasteiger partial charge is 0.267 e. The highest BCUT2D eigenvalue weighted by atomic mass is 16.5. The summed E-state index contributed by atoms with van der Waals surface area (Å²) in [6, 6.07) is 26.9. The van der Waals surface area contributed by atoms with Gasteiger partial charge in [0.05, 0.1) is 12.5 Å². The van der Waals surface area contributed by atoms with Gasteiger partial charge in [0.2, 0.25) is 0 Å². The Labute approximate surface area is 174 Å². The van der Waals surface area contributed by atoms with Gasteiger partial charge in [-0.1, -0.05) is 54.6 Å². The Morgan fingerprint density at radius 3 is 2.40 bits per heavy atom. The van der Waals surface area contributed by atoms with Gasteiger partial charge in [-0.05, 0) is 42.3 Å². The Morgan fingerprint density at radius 1 is 0.967 bits per heavy atom. The summed E-state index contributed by atoms with van der Waals surface area (Å²) in [5.41, 5.74) is 4.26. The third-order valence-corrected chi connectivity index (χ3v) is 4.86. The number of ether oxygens (including phenoxy) is 1. The Balaban J connectivity index is 1.86. The lowest BCUT2D eigenvalue weighted by Gasteiger charge is -2.15. The van der Waals surface area contributed by atoms with Crippen LogP contribution >= 0.6 is 0 Å². The molecule has 0 aliphatic rings. The van der Waals surface area contributed by atoms with Gasteiger partial charge in [-0.3, -0.25) is 4.79 Å². The first-order valence-electron chi connectivity index (χ1n) is 9.55. The van der Waals surface area contributed by atoms with Crippen LogP contribution in [0.15, 0.2) is 83.7 Å². The fraction of sp³-hybridized carbons (Fsp3) is 0.0800. The number of nitriles is 1. The molecule has 0 radical (unpaired) electrons. The number of benzene rings is 3. The molecule has 0 saturated heterocycles. The molecule has 0 amide bonds. The normalized spacial score (nSPS) is 10.4. The number of nitrogens with one attached hydrogen (secondary N) is 1. The van der Waals surface area contributed by atoms with Gasteiger partial charge in [0.15, 0.2) is 0 Å². The van der Waals surface area contributed by atoms with Crippen molar-refractivity contribution in [1.82, 2.24) is 10.2 Å². The van der Waals surface area contributed by atoms with Crippen molar-refractivity contribution in [3.63, 3.8) is 0 Å². The van der Waals surface area contributed by atoms with Crippen LogP contribution in [0.2, 0.25) is 0 Å². The van der Waals surface area contributed by atoms with Crippen LogP contribution in [-0.2, 0) is 6.42 Å². The van der Waals surface area contributed by atoms with Gasteiger partial charge in [0, 0.05) is 16.7 Å². The molecule has 0 aliphatic heterocycles. The van der Waals surface area contributed by atoms with Crippen LogP contribution in [0.3, 0.4) is 0 Å². The van der Waals surface area contributed by atoms with Crippen molar-refractivity contribution >= 4 is 0 Å². The third kappa shape index (κ3) is 3.85. The zero-order valence-corrected chi connectivity index (χ0v) is 16.4. The van der Waals surface area contributed by atoms with Crippen molar-refractivity contribution in [3.05, 3.63) is 100 Å². The van der Waals surface area contributed by atoms with Crippen LogP contribution < -0.4 is 10.3 Å². The average molecular weight is 393 g/mol. The van der Waals surface area contributed by atoms with Gasteiger partial charge in [-0.2, -0.15) is 10.4 Å². The molecule has 1 heterocycles. The van der Waals surface area contributed by atoms with E-state index in [9.17, 15) is 4.79 Å². The van der Waals surface area contributed by atoms with E-state index in [0.717, 1.165) is 22.3 Å². The second-order valence-electron chi connectivity index (χ2n) is 6.84. The molecule has 4 rings (SSSR count). The first kappa shape index (κ1) is 19.2. The number of aromatic amines is 1. The molecule has 0 aliphatic carbocycles. The van der Waals surface area contributed by atoms with Crippen LogP contribution in [-0.4, -0.2) is 10.2 Å². The largest absolute Gasteiger partial charge is 0.457 e. The molecule has 4 aromatic rings. The summed E-state index contributed by atoms with van der Waals surface area (Å²) in [4.78, 5) is 12.3. The van der Waals surface area contributed by atoms with Crippen LogP contribution in [0.5, 0.6) is 11.5 Å². The van der Waals surface area contributed by atoms with Crippen molar-refractivity contribution in [1.29, 1.82) is 5.26 Å². The third-order valence-electron chi connectivity index (χ3n) is 4.86. The van der Waals surface area contributed by atoms with E-state index in [-0.39, 0.29) is 5.56 Å². The van der Waals surface area contributed by atoms with E-state index in [1.807, 2.05) is 78.9 Å². The molecular weight excluding hydrogens is 374 g/mol. The number of nitrogens with zero attached hydrogens (tertiary/aromatic N) is 2. The molecule has 0 bridgehead atoms. The van der Waals surface area contributed by atoms with Crippen molar-refractivity contribution in [2.45, 2.75) is 13.3 Å². The lowest BCUT2D eigenvalue weighted by Crippen LogP contribution is -2.14. The summed E-state index contributed by atoms with van der Waals surface area (Å²) in [5, 5.41) is 15.9. The summed E-state index contributed by atoms with van der Waals surface area (Å²) in [6.07, 6.45) is 0.341. The van der Waals surface area contributed by atoms with Gasteiger partial charge in [-0.25, -0.2) is 5.10 Å². The molecule has 0 unspecified atom stereocenters. The SMILES string of the molecule is Cc1c(-c2ccc(CC#N)cc2)c(-c2ccccc2Oc2ccccc2)n[nH]c1=O. The lowest BCUT2D eigenvalue weighted by molar-refractivity contribution is 0.484. The van der Waals surface area contributed by atoms with Gasteiger partial charge in [0.25, 0.3) is 5.56 Å². The van der Waals surface area contributed by atoms with E-state index in [1.54, 1.807) is 6.92 Å². The molecule has 0 fully saturated rings. The van der Waals surface area contributed by atoms with E-state index in [4.69, 9.17) is 10.00 Å². The van der Waals surface area contributed by atoms with Gasteiger partial charge < -0.3 is 4.74 Å². The van der Waals surface area contributed by atoms with Crippen molar-refractivity contribution in [3.8, 4) is 40.0 Å². The summed E-state index contributed by atoms with van der Waals surface area (Å²) in [5.74, 6) is 1.36. The van der Waals surface area contributed by atoms with Crippen molar-refractivity contribution in [2.24, 2.45) is 0 Å². The number of rotatable bonds is 5. The van der Waals surface area contributed by atoms with Crippen LogP contribution in [0.25, 0.3) is 22.4 Å². The second kappa shape index (κ2) is 8.46. The maximum absolute atomic E-state index is 12.3. The molecular formula is C25H19N3O2. The topological polar surface area (TPSA) is 78.8 Å². The monoisotopic (exact) mass is 393 g/mol. The van der Waals surface area contributed by atoms with E-state index in [0.29, 0.717) is 29.2 Å². The number of hydrogen-bond acceptors (Lipinski definition) is 4. The van der Waals surface area contributed by atoms with Gasteiger partial charge >= 0.3 is 0 Å². The number of H-pyrrole nitrogens is 1. The molecule has 0 atom stereocenters. The minimum absolute atomic E-state index is 0.240. The predicted molar refractivity (Wildman–Crippen MR) is 116 cm³/mol. The fourth-order valence-electron chi connectivity index (χ4n) is 3.33. The fourth-order valence-corrected chi connectivity index (χ4v) is 3.33. The molecule has 146 valence electrons. The van der Waals surface area contributed by atoms with Crippen LogP contribution in [0.1, 0.15) is 11.1 Å². The highest BCUT2D eigenvalue weighted by molar-refractivity contribution is 5.85. The van der Waals surface area contributed by atoms with Crippen LogP contribution in [0, 0.1) is 18.3 Å². The number of para-hydroxylation sites is 2. The molecule has 0 saturated carbocycles. The quantitative estimate of drug-likeness (QED) is 0.501. The standard InChI is InChI=1S/C25H19N3O2/c1-17-23(19-13-11-18(12-14-19)15-16-26)24(27-28-25(17)29)21-9-5-6-10-22(21)30-20-7-3-2-4-8-20/h2-14H,15H2,1H3,(H,28,29). The predicted octanol–water partition coefficient (Wildman–Crippen LogP) is 5.27. The Hall–Kier alpha value is -4.17. The molecule has 0 spiro atoms. The molecule has 30 heavy (non-hydrogen) atoms. The molecule has 5 nitrogen and oxygen atoms in total. The highest BCUT2D eigenvalue weighted by Crippen LogP contribution is 2.38. The lowest BCUT2D eigenvalue weighted by atomic mass is 9.95. The second-order valence-corrected chi connectivity index (χ2v) is 6.84. The molecule has 5 heteroatoms.